The molecule has 0 heterocycles. The highest BCUT2D eigenvalue weighted by Gasteiger charge is 2.00. The van der Waals surface area contributed by atoms with Crippen molar-refractivity contribution >= 4 is 21.9 Å². The second-order valence-electron chi connectivity index (χ2n) is 2.40. The Morgan fingerprint density at radius 3 is 2.85 bits per heavy atom. The van der Waals surface area contributed by atoms with E-state index in [1.807, 2.05) is 24.3 Å². The van der Waals surface area contributed by atoms with E-state index < -0.39 is 5.97 Å². The predicted octanol–water partition coefficient (Wildman–Crippen LogP) is 2.68. The maximum atomic E-state index is 10.7. The standard InChI is InChI=1S/C10H9BrO2/c1-2-10(12)13-7-8-5-3-4-6-9(8)11/h2-6H,1,7H2. The third-order valence-electron chi connectivity index (χ3n) is 1.49. The van der Waals surface area contributed by atoms with Gasteiger partial charge in [-0.25, -0.2) is 4.79 Å². The van der Waals surface area contributed by atoms with E-state index in [1.54, 1.807) is 0 Å². The summed E-state index contributed by atoms with van der Waals surface area (Å²) in [5.74, 6) is -0.407. The molecule has 0 unspecified atom stereocenters. The van der Waals surface area contributed by atoms with Gasteiger partial charge >= 0.3 is 5.97 Å². The fourth-order valence-electron chi connectivity index (χ4n) is 0.823. The summed E-state index contributed by atoms with van der Waals surface area (Å²) < 4.78 is 5.81. The summed E-state index contributed by atoms with van der Waals surface area (Å²) in [6.45, 7) is 3.58. The number of benzene rings is 1. The first-order chi connectivity index (χ1) is 6.24. The van der Waals surface area contributed by atoms with Gasteiger partial charge < -0.3 is 4.74 Å². The van der Waals surface area contributed by atoms with Gasteiger partial charge in [0.05, 0.1) is 0 Å². The molecule has 0 aliphatic heterocycles. The number of hydrogen-bond acceptors (Lipinski definition) is 2. The van der Waals surface area contributed by atoms with Crippen molar-refractivity contribution < 1.29 is 9.53 Å². The van der Waals surface area contributed by atoms with Crippen molar-refractivity contribution in [1.29, 1.82) is 0 Å². The van der Waals surface area contributed by atoms with Gasteiger partial charge in [0.15, 0.2) is 0 Å². The smallest absolute Gasteiger partial charge is 0.330 e. The van der Waals surface area contributed by atoms with E-state index in [0.29, 0.717) is 0 Å². The molecule has 0 saturated carbocycles. The van der Waals surface area contributed by atoms with Crippen molar-refractivity contribution in [2.24, 2.45) is 0 Å². The fraction of sp³-hybridized carbons (Fsp3) is 0.100. The van der Waals surface area contributed by atoms with Crippen LogP contribution in [0.2, 0.25) is 0 Å². The number of esters is 1. The van der Waals surface area contributed by atoms with Gasteiger partial charge in [-0.1, -0.05) is 40.7 Å². The molecular weight excluding hydrogens is 232 g/mol. The van der Waals surface area contributed by atoms with Crippen LogP contribution in [-0.2, 0) is 16.1 Å². The minimum Gasteiger partial charge on any atom is -0.458 e. The number of hydrogen-bond donors (Lipinski definition) is 0. The summed E-state index contributed by atoms with van der Waals surface area (Å²) >= 11 is 3.35. The minimum atomic E-state index is -0.407. The Hall–Kier alpha value is -1.09. The van der Waals surface area contributed by atoms with E-state index in [9.17, 15) is 4.79 Å². The molecule has 0 N–H and O–H groups in total. The SMILES string of the molecule is C=CC(=O)OCc1ccccc1Br. The molecular formula is C10H9BrO2. The molecule has 0 atom stereocenters. The molecule has 0 fully saturated rings. The Balaban J connectivity index is 2.59. The van der Waals surface area contributed by atoms with Crippen LogP contribution in [0.4, 0.5) is 0 Å². The zero-order chi connectivity index (χ0) is 9.68. The highest BCUT2D eigenvalue weighted by Crippen LogP contribution is 2.16. The van der Waals surface area contributed by atoms with Crippen LogP contribution in [0.5, 0.6) is 0 Å². The van der Waals surface area contributed by atoms with E-state index >= 15 is 0 Å². The van der Waals surface area contributed by atoms with E-state index in [-0.39, 0.29) is 6.61 Å². The van der Waals surface area contributed by atoms with Gasteiger partial charge in [-0.05, 0) is 6.07 Å². The van der Waals surface area contributed by atoms with E-state index in [2.05, 4.69) is 22.5 Å². The molecule has 1 aromatic rings. The quantitative estimate of drug-likeness (QED) is 0.600. The Morgan fingerprint density at radius 2 is 2.23 bits per heavy atom. The number of ether oxygens (including phenoxy) is 1. The fourth-order valence-corrected chi connectivity index (χ4v) is 1.22. The maximum absolute atomic E-state index is 10.7. The van der Waals surface area contributed by atoms with Gasteiger partial charge in [0.1, 0.15) is 6.61 Å². The lowest BCUT2D eigenvalue weighted by Crippen LogP contribution is -2.00. The lowest BCUT2D eigenvalue weighted by Gasteiger charge is -2.03. The molecule has 0 aliphatic rings. The van der Waals surface area contributed by atoms with Crippen molar-refractivity contribution in [3.8, 4) is 0 Å². The molecule has 0 bridgehead atoms. The van der Waals surface area contributed by atoms with Gasteiger partial charge in [-0.3, -0.25) is 0 Å². The summed E-state index contributed by atoms with van der Waals surface area (Å²) in [7, 11) is 0. The van der Waals surface area contributed by atoms with Crippen LogP contribution >= 0.6 is 15.9 Å². The third-order valence-corrected chi connectivity index (χ3v) is 2.27. The topological polar surface area (TPSA) is 26.3 Å². The van der Waals surface area contributed by atoms with Gasteiger partial charge in [0.25, 0.3) is 0 Å². The van der Waals surface area contributed by atoms with E-state index in [0.717, 1.165) is 16.1 Å². The normalized spacial score (nSPS) is 9.31. The number of carbonyl (C=O) groups is 1. The van der Waals surface area contributed by atoms with Crippen molar-refractivity contribution in [2.75, 3.05) is 0 Å². The number of rotatable bonds is 3. The summed E-state index contributed by atoms with van der Waals surface area (Å²) in [5.41, 5.74) is 0.942. The van der Waals surface area contributed by atoms with Crippen LogP contribution in [0.3, 0.4) is 0 Å². The molecule has 0 amide bonds. The first-order valence-electron chi connectivity index (χ1n) is 3.76. The largest absolute Gasteiger partial charge is 0.458 e. The van der Waals surface area contributed by atoms with Crippen LogP contribution in [0.25, 0.3) is 0 Å². The summed E-state index contributed by atoms with van der Waals surface area (Å²) in [5, 5.41) is 0. The molecule has 2 nitrogen and oxygen atoms in total. The highest BCUT2D eigenvalue weighted by molar-refractivity contribution is 9.10. The lowest BCUT2D eigenvalue weighted by molar-refractivity contribution is -0.138. The molecule has 0 radical (unpaired) electrons. The molecule has 0 spiro atoms. The van der Waals surface area contributed by atoms with Crippen LogP contribution in [-0.4, -0.2) is 5.97 Å². The first-order valence-corrected chi connectivity index (χ1v) is 4.56. The summed E-state index contributed by atoms with van der Waals surface area (Å²) in [6, 6.07) is 7.59. The van der Waals surface area contributed by atoms with Crippen molar-refractivity contribution in [3.05, 3.63) is 47.0 Å². The van der Waals surface area contributed by atoms with Crippen molar-refractivity contribution in [3.63, 3.8) is 0 Å². The van der Waals surface area contributed by atoms with Gasteiger partial charge in [0.2, 0.25) is 0 Å². The average molecular weight is 241 g/mol. The monoisotopic (exact) mass is 240 g/mol. The van der Waals surface area contributed by atoms with Crippen LogP contribution in [0.1, 0.15) is 5.56 Å². The van der Waals surface area contributed by atoms with Gasteiger partial charge in [0, 0.05) is 16.1 Å². The Bertz CT molecular complexity index is 320. The molecule has 68 valence electrons. The highest BCUT2D eigenvalue weighted by atomic mass is 79.9. The molecule has 1 rings (SSSR count). The molecule has 0 aromatic heterocycles. The molecule has 0 aliphatic carbocycles. The summed E-state index contributed by atoms with van der Waals surface area (Å²) in [4.78, 5) is 10.7. The number of carbonyl (C=O) groups excluding carboxylic acids is 1. The Kier molecular flexibility index (Phi) is 3.71. The molecule has 0 saturated heterocycles. The zero-order valence-electron chi connectivity index (χ0n) is 7.00. The molecule has 3 heteroatoms. The Labute approximate surface area is 85.3 Å². The molecule has 1 aromatic carbocycles. The minimum absolute atomic E-state index is 0.270. The second kappa shape index (κ2) is 4.82. The molecule has 13 heavy (non-hydrogen) atoms. The average Bonchev–Trinajstić information content (AvgIpc) is 2.16. The van der Waals surface area contributed by atoms with Crippen LogP contribution in [0, 0.1) is 0 Å². The number of halogens is 1. The third kappa shape index (κ3) is 3.03. The van der Waals surface area contributed by atoms with Crippen LogP contribution in [0.15, 0.2) is 41.4 Å². The Morgan fingerprint density at radius 1 is 1.54 bits per heavy atom. The van der Waals surface area contributed by atoms with Gasteiger partial charge in [-0.2, -0.15) is 0 Å². The van der Waals surface area contributed by atoms with Gasteiger partial charge in [-0.15, -0.1) is 0 Å². The lowest BCUT2D eigenvalue weighted by atomic mass is 10.2. The first kappa shape index (κ1) is 9.99. The van der Waals surface area contributed by atoms with Crippen LogP contribution < -0.4 is 0 Å². The van der Waals surface area contributed by atoms with E-state index in [1.165, 1.54) is 0 Å². The van der Waals surface area contributed by atoms with Crippen molar-refractivity contribution in [1.82, 2.24) is 0 Å². The summed E-state index contributed by atoms with van der Waals surface area (Å²) in [6.07, 6.45) is 1.15. The second-order valence-corrected chi connectivity index (χ2v) is 3.26. The van der Waals surface area contributed by atoms with Crippen molar-refractivity contribution in [2.45, 2.75) is 6.61 Å². The maximum Gasteiger partial charge on any atom is 0.330 e. The predicted molar refractivity (Wildman–Crippen MR) is 54.1 cm³/mol. The zero-order valence-corrected chi connectivity index (χ0v) is 8.58. The van der Waals surface area contributed by atoms with E-state index in [4.69, 9.17) is 4.74 Å².